The summed E-state index contributed by atoms with van der Waals surface area (Å²) in [5.41, 5.74) is -1.04. The Balaban J connectivity index is 2.19. The highest BCUT2D eigenvalue weighted by molar-refractivity contribution is 7.91. The molecule has 2 aromatic carbocycles. The van der Waals surface area contributed by atoms with E-state index < -0.39 is 44.3 Å². The number of hydrogen-bond donors (Lipinski definition) is 0. The van der Waals surface area contributed by atoms with E-state index in [1.54, 1.807) is 0 Å². The maximum Gasteiger partial charge on any atom is 0.287 e. The van der Waals surface area contributed by atoms with Gasteiger partial charge in [0.05, 0.1) is 0 Å². The first-order chi connectivity index (χ1) is 10.6. The molecule has 0 N–H and O–H groups in total. The zero-order chi connectivity index (χ0) is 17.1. The highest BCUT2D eigenvalue weighted by Crippen LogP contribution is 2.34. The van der Waals surface area contributed by atoms with Crippen LogP contribution in [0.5, 0.6) is 0 Å². The summed E-state index contributed by atoms with van der Waals surface area (Å²) < 4.78 is 79.7. The smallest absolute Gasteiger partial charge is 0.228 e. The first-order valence-electron chi connectivity index (χ1n) is 6.70. The van der Waals surface area contributed by atoms with Crippen molar-refractivity contribution in [1.82, 2.24) is 0 Å². The van der Waals surface area contributed by atoms with Gasteiger partial charge in [-0.05, 0) is 0 Å². The van der Waals surface area contributed by atoms with Gasteiger partial charge in [0.15, 0.2) is 9.84 Å². The number of benzene rings is 2. The molecule has 0 aliphatic rings. The Morgan fingerprint density at radius 1 is 0.652 bits per heavy atom. The van der Waals surface area contributed by atoms with Gasteiger partial charge < -0.3 is 0 Å². The van der Waals surface area contributed by atoms with Crippen molar-refractivity contribution in [3.05, 3.63) is 71.8 Å². The maximum absolute atomic E-state index is 14.0. The molecular formula is C16H14F4O2S. The van der Waals surface area contributed by atoms with Crippen molar-refractivity contribution in [1.29, 1.82) is 0 Å². The van der Waals surface area contributed by atoms with Crippen LogP contribution in [0.3, 0.4) is 0 Å². The molecule has 0 aliphatic heterocycles. The third kappa shape index (κ3) is 4.54. The SMILES string of the molecule is O=S(=O)(CC(F)(F)c1ccccc1)CC(F)(F)c1ccccc1. The van der Waals surface area contributed by atoms with Crippen LogP contribution in [-0.4, -0.2) is 19.9 Å². The summed E-state index contributed by atoms with van der Waals surface area (Å²) in [6.07, 6.45) is 0. The number of alkyl halides is 4. The fourth-order valence-corrected chi connectivity index (χ4v) is 3.67. The minimum Gasteiger partial charge on any atom is -0.228 e. The highest BCUT2D eigenvalue weighted by atomic mass is 32.2. The van der Waals surface area contributed by atoms with Gasteiger partial charge in [-0.1, -0.05) is 60.7 Å². The lowest BCUT2D eigenvalue weighted by atomic mass is 10.1. The fraction of sp³-hybridized carbons (Fsp3) is 0.250. The Hall–Kier alpha value is -1.89. The van der Waals surface area contributed by atoms with E-state index in [2.05, 4.69) is 0 Å². The van der Waals surface area contributed by atoms with E-state index in [0.29, 0.717) is 0 Å². The van der Waals surface area contributed by atoms with Crippen molar-refractivity contribution < 1.29 is 26.0 Å². The van der Waals surface area contributed by atoms with Crippen LogP contribution in [0.4, 0.5) is 17.6 Å². The zero-order valence-electron chi connectivity index (χ0n) is 11.9. The van der Waals surface area contributed by atoms with Crippen LogP contribution in [0.15, 0.2) is 60.7 Å². The predicted octanol–water partition coefficient (Wildman–Crippen LogP) is 3.99. The van der Waals surface area contributed by atoms with Gasteiger partial charge in [-0.3, -0.25) is 0 Å². The topological polar surface area (TPSA) is 34.1 Å². The van der Waals surface area contributed by atoms with Crippen LogP contribution >= 0.6 is 0 Å². The molecule has 0 radical (unpaired) electrons. The van der Waals surface area contributed by atoms with Gasteiger partial charge >= 0.3 is 0 Å². The summed E-state index contributed by atoms with van der Waals surface area (Å²) in [5.74, 6) is -10.8. The lowest BCUT2D eigenvalue weighted by Gasteiger charge is -2.20. The summed E-state index contributed by atoms with van der Waals surface area (Å²) >= 11 is 0. The van der Waals surface area contributed by atoms with E-state index >= 15 is 0 Å². The van der Waals surface area contributed by atoms with E-state index in [0.717, 1.165) is 24.3 Å². The van der Waals surface area contributed by atoms with E-state index in [1.807, 2.05) is 0 Å². The Morgan fingerprint density at radius 3 is 1.26 bits per heavy atom. The van der Waals surface area contributed by atoms with Crippen molar-refractivity contribution in [2.75, 3.05) is 11.5 Å². The minimum atomic E-state index is -4.69. The molecule has 2 aromatic rings. The molecule has 0 spiro atoms. The van der Waals surface area contributed by atoms with Crippen LogP contribution in [0.25, 0.3) is 0 Å². The molecule has 0 bridgehead atoms. The van der Waals surface area contributed by atoms with E-state index in [9.17, 15) is 26.0 Å². The first-order valence-corrected chi connectivity index (χ1v) is 8.52. The van der Waals surface area contributed by atoms with Gasteiger partial charge in [0.25, 0.3) is 11.8 Å². The molecular weight excluding hydrogens is 332 g/mol. The Kier molecular flexibility index (Phi) is 4.79. The Bertz CT molecular complexity index is 685. The lowest BCUT2D eigenvalue weighted by molar-refractivity contribution is 0.0137. The van der Waals surface area contributed by atoms with Crippen LogP contribution in [-0.2, 0) is 21.7 Å². The van der Waals surface area contributed by atoms with Crippen molar-refractivity contribution in [3.8, 4) is 0 Å². The molecule has 2 nitrogen and oxygen atoms in total. The maximum atomic E-state index is 14.0. The van der Waals surface area contributed by atoms with E-state index in [-0.39, 0.29) is 0 Å². The van der Waals surface area contributed by atoms with E-state index in [1.165, 1.54) is 36.4 Å². The summed E-state index contributed by atoms with van der Waals surface area (Å²) in [6.45, 7) is 0. The quantitative estimate of drug-likeness (QED) is 0.742. The van der Waals surface area contributed by atoms with Crippen LogP contribution in [0.2, 0.25) is 0 Å². The van der Waals surface area contributed by atoms with Gasteiger partial charge in [-0.15, -0.1) is 0 Å². The van der Waals surface area contributed by atoms with Gasteiger partial charge in [-0.25, -0.2) is 26.0 Å². The van der Waals surface area contributed by atoms with E-state index in [4.69, 9.17) is 0 Å². The average molecular weight is 346 g/mol. The summed E-state index contributed by atoms with van der Waals surface area (Å²) in [4.78, 5) is 0. The monoisotopic (exact) mass is 346 g/mol. The predicted molar refractivity (Wildman–Crippen MR) is 79.3 cm³/mol. The molecule has 0 fully saturated rings. The second-order valence-electron chi connectivity index (χ2n) is 5.17. The van der Waals surface area contributed by atoms with Crippen molar-refractivity contribution in [3.63, 3.8) is 0 Å². The second-order valence-corrected chi connectivity index (χ2v) is 7.24. The average Bonchev–Trinajstić information content (AvgIpc) is 2.47. The molecule has 124 valence electrons. The number of rotatable bonds is 6. The van der Waals surface area contributed by atoms with Gasteiger partial charge in [0, 0.05) is 11.1 Å². The summed E-state index contributed by atoms with van der Waals surface area (Å²) in [7, 11) is -4.69. The second kappa shape index (κ2) is 6.31. The number of sulfone groups is 1. The number of halogens is 4. The van der Waals surface area contributed by atoms with Gasteiger partial charge in [0.1, 0.15) is 11.5 Å². The van der Waals surface area contributed by atoms with Crippen molar-refractivity contribution >= 4 is 9.84 Å². The largest absolute Gasteiger partial charge is 0.287 e. The standard InChI is InChI=1S/C16H14F4O2S/c17-15(18,13-7-3-1-4-8-13)11-23(21,22)12-16(19,20)14-9-5-2-6-10-14/h1-10H,11-12H2. The number of hydrogen-bond acceptors (Lipinski definition) is 2. The van der Waals surface area contributed by atoms with Crippen LogP contribution in [0.1, 0.15) is 11.1 Å². The van der Waals surface area contributed by atoms with Gasteiger partial charge in [0.2, 0.25) is 0 Å². The summed E-state index contributed by atoms with van der Waals surface area (Å²) in [5, 5.41) is 0. The molecule has 0 aliphatic carbocycles. The molecule has 0 unspecified atom stereocenters. The first kappa shape index (κ1) is 17.5. The van der Waals surface area contributed by atoms with Gasteiger partial charge in [-0.2, -0.15) is 0 Å². The third-order valence-corrected chi connectivity index (χ3v) is 4.80. The third-order valence-electron chi connectivity index (χ3n) is 3.19. The molecule has 0 atom stereocenters. The summed E-state index contributed by atoms with van der Waals surface area (Å²) in [6, 6.07) is 12.5. The molecule has 0 aromatic heterocycles. The highest BCUT2D eigenvalue weighted by Gasteiger charge is 2.43. The zero-order valence-corrected chi connectivity index (χ0v) is 12.7. The Morgan fingerprint density at radius 2 is 0.957 bits per heavy atom. The van der Waals surface area contributed by atoms with Crippen molar-refractivity contribution in [2.24, 2.45) is 0 Å². The lowest BCUT2D eigenvalue weighted by Crippen LogP contribution is -2.33. The molecule has 0 amide bonds. The Labute approximate surface area is 131 Å². The minimum absolute atomic E-state index is 0.522. The molecule has 0 heterocycles. The molecule has 7 heteroatoms. The van der Waals surface area contributed by atoms with Crippen LogP contribution < -0.4 is 0 Å². The van der Waals surface area contributed by atoms with Crippen LogP contribution in [0, 0.1) is 0 Å². The fourth-order valence-electron chi connectivity index (χ4n) is 2.13. The molecule has 2 rings (SSSR count). The molecule has 0 saturated heterocycles. The molecule has 0 saturated carbocycles. The molecule has 23 heavy (non-hydrogen) atoms. The van der Waals surface area contributed by atoms with Crippen molar-refractivity contribution in [2.45, 2.75) is 11.8 Å². The normalized spacial score (nSPS) is 13.0.